The molecule has 5 heteroatoms. The van der Waals surface area contributed by atoms with Crippen molar-refractivity contribution in [2.75, 3.05) is 13.6 Å². The number of rotatable bonds is 0. The molecule has 0 aromatic rings. The Balaban J connectivity index is 1.48. The zero-order chi connectivity index (χ0) is 16.5. The average Bonchev–Trinajstić information content (AvgIpc) is 3.31. The summed E-state index contributed by atoms with van der Waals surface area (Å²) >= 11 is 0. The van der Waals surface area contributed by atoms with E-state index in [9.17, 15) is 0 Å². The summed E-state index contributed by atoms with van der Waals surface area (Å²) in [7, 11) is 0. The summed E-state index contributed by atoms with van der Waals surface area (Å²) in [5, 5.41) is 0. The third-order valence-corrected chi connectivity index (χ3v) is 5.71. The molecule has 3 aliphatic carbocycles. The van der Waals surface area contributed by atoms with Gasteiger partial charge in [-0.25, -0.2) is 0 Å². The van der Waals surface area contributed by atoms with Gasteiger partial charge >= 0.3 is 0 Å². The Morgan fingerprint density at radius 1 is 1.12 bits per heavy atom. The van der Waals surface area contributed by atoms with E-state index in [1.807, 2.05) is 6.20 Å². The van der Waals surface area contributed by atoms with Crippen molar-refractivity contribution in [2.45, 2.75) is 25.9 Å². The number of aliphatic imine (C=N–C) groups is 1. The Bertz CT molecular complexity index is 925. The zero-order valence-electron chi connectivity index (χ0n) is 13.9. The fraction of sp³-hybridized carbons (Fsp3) is 0.350. The molecular formula is C20H17NO4. The van der Waals surface area contributed by atoms with E-state index >= 15 is 0 Å². The van der Waals surface area contributed by atoms with Gasteiger partial charge in [-0.05, 0) is 34.4 Å². The smallest absolute Gasteiger partial charge is 0.230 e. The van der Waals surface area contributed by atoms with Gasteiger partial charge in [0.1, 0.15) is 17.6 Å². The van der Waals surface area contributed by atoms with Crippen LogP contribution < -0.4 is 0 Å². The highest BCUT2D eigenvalue weighted by atomic mass is 16.7. The second-order valence-electron chi connectivity index (χ2n) is 7.00. The quantitative estimate of drug-likeness (QED) is 0.681. The summed E-state index contributed by atoms with van der Waals surface area (Å²) in [6, 6.07) is 0. The van der Waals surface area contributed by atoms with Crippen molar-refractivity contribution >= 4 is 5.71 Å². The first-order valence-corrected chi connectivity index (χ1v) is 8.67. The molecule has 2 atom stereocenters. The highest BCUT2D eigenvalue weighted by Gasteiger charge is 2.41. The van der Waals surface area contributed by atoms with E-state index in [1.54, 1.807) is 0 Å². The Labute approximate surface area is 145 Å². The van der Waals surface area contributed by atoms with Gasteiger partial charge in [-0.15, -0.1) is 0 Å². The molecule has 1 fully saturated rings. The number of hydrogen-bond acceptors (Lipinski definition) is 5. The van der Waals surface area contributed by atoms with Crippen LogP contribution in [0.4, 0.5) is 0 Å². The van der Waals surface area contributed by atoms with Crippen molar-refractivity contribution in [3.8, 4) is 0 Å². The molecule has 5 nitrogen and oxygen atoms in total. The molecule has 6 rings (SSSR count). The fourth-order valence-electron chi connectivity index (χ4n) is 4.53. The first kappa shape index (κ1) is 13.7. The largest absolute Gasteiger partial charge is 0.469 e. The van der Waals surface area contributed by atoms with E-state index in [0.717, 1.165) is 41.4 Å². The standard InChI is InChI=1S/C20H17NO4/c1-10-18-12(6-17-19(10)24-9-23-17)5-15-13(18)4-11-2-3-16-20(25-8-22-16)14(11)7-21-15/h2,5-7,10,19H,3-4,8-9H2,1H3. The molecule has 3 aliphatic heterocycles. The van der Waals surface area contributed by atoms with E-state index in [1.165, 1.54) is 22.3 Å². The average molecular weight is 335 g/mol. The Kier molecular flexibility index (Phi) is 2.61. The molecule has 0 bridgehead atoms. The van der Waals surface area contributed by atoms with Crippen molar-refractivity contribution in [1.82, 2.24) is 0 Å². The number of allylic oxidation sites excluding steroid dienone is 6. The number of hydrogen-bond donors (Lipinski definition) is 0. The molecule has 25 heavy (non-hydrogen) atoms. The molecule has 0 aromatic carbocycles. The van der Waals surface area contributed by atoms with Crippen molar-refractivity contribution in [3.05, 3.63) is 69.6 Å². The molecule has 126 valence electrons. The van der Waals surface area contributed by atoms with Gasteiger partial charge in [0.05, 0.1) is 5.71 Å². The fourth-order valence-corrected chi connectivity index (χ4v) is 4.53. The molecule has 0 saturated carbocycles. The Morgan fingerprint density at radius 3 is 3.04 bits per heavy atom. The predicted molar refractivity (Wildman–Crippen MR) is 90.1 cm³/mol. The maximum atomic E-state index is 5.79. The van der Waals surface area contributed by atoms with Gasteiger partial charge in [-0.3, -0.25) is 4.99 Å². The summed E-state index contributed by atoms with van der Waals surface area (Å²) in [6.45, 7) is 2.87. The van der Waals surface area contributed by atoms with Crippen LogP contribution in [0.5, 0.6) is 0 Å². The van der Waals surface area contributed by atoms with Gasteiger partial charge in [0, 0.05) is 30.5 Å². The van der Waals surface area contributed by atoms with Crippen LogP contribution in [-0.4, -0.2) is 25.4 Å². The van der Waals surface area contributed by atoms with Gasteiger partial charge < -0.3 is 18.9 Å². The SMILES string of the molecule is CC1C2=C3CC4=CCC5=C(OCO5)C4=CN=C3C=C2C=C2OCOC21. The zero-order valence-corrected chi connectivity index (χ0v) is 13.9. The lowest BCUT2D eigenvalue weighted by Gasteiger charge is -2.27. The van der Waals surface area contributed by atoms with Crippen molar-refractivity contribution < 1.29 is 18.9 Å². The van der Waals surface area contributed by atoms with Crippen LogP contribution in [0.3, 0.4) is 0 Å². The van der Waals surface area contributed by atoms with Crippen LogP contribution in [0.2, 0.25) is 0 Å². The molecule has 6 aliphatic rings. The summed E-state index contributed by atoms with van der Waals surface area (Å²) in [6.07, 6.45) is 10.1. The van der Waals surface area contributed by atoms with Crippen LogP contribution in [0.1, 0.15) is 19.8 Å². The second kappa shape index (κ2) is 4.76. The summed E-state index contributed by atoms with van der Waals surface area (Å²) in [4.78, 5) is 4.78. The van der Waals surface area contributed by atoms with Gasteiger partial charge in [0.25, 0.3) is 0 Å². The minimum atomic E-state index is 0.0240. The number of ether oxygens (including phenoxy) is 4. The van der Waals surface area contributed by atoms with Gasteiger partial charge in [-0.2, -0.15) is 0 Å². The molecular weight excluding hydrogens is 318 g/mol. The van der Waals surface area contributed by atoms with Crippen molar-refractivity contribution in [1.29, 1.82) is 0 Å². The third kappa shape index (κ3) is 1.79. The molecule has 0 radical (unpaired) electrons. The lowest BCUT2D eigenvalue weighted by atomic mass is 9.81. The minimum absolute atomic E-state index is 0.0240. The molecule has 2 unspecified atom stereocenters. The van der Waals surface area contributed by atoms with Crippen LogP contribution in [0, 0.1) is 5.92 Å². The maximum absolute atomic E-state index is 5.79. The van der Waals surface area contributed by atoms with E-state index in [-0.39, 0.29) is 12.0 Å². The van der Waals surface area contributed by atoms with E-state index in [4.69, 9.17) is 23.9 Å². The predicted octanol–water partition coefficient (Wildman–Crippen LogP) is 3.40. The molecule has 0 aromatic heterocycles. The lowest BCUT2D eigenvalue weighted by Crippen LogP contribution is -2.25. The first-order chi connectivity index (χ1) is 12.3. The summed E-state index contributed by atoms with van der Waals surface area (Å²) < 4.78 is 22.7. The van der Waals surface area contributed by atoms with Crippen molar-refractivity contribution in [3.63, 3.8) is 0 Å². The van der Waals surface area contributed by atoms with Gasteiger partial charge in [0.2, 0.25) is 6.79 Å². The van der Waals surface area contributed by atoms with E-state index in [0.29, 0.717) is 13.6 Å². The van der Waals surface area contributed by atoms with Crippen LogP contribution >= 0.6 is 0 Å². The molecule has 0 spiro atoms. The van der Waals surface area contributed by atoms with Gasteiger partial charge in [-0.1, -0.05) is 13.0 Å². The summed E-state index contributed by atoms with van der Waals surface area (Å²) in [5.74, 6) is 3.00. The highest BCUT2D eigenvalue weighted by Crippen LogP contribution is 2.47. The number of nitrogens with zero attached hydrogens (tertiary/aromatic N) is 1. The molecule has 0 N–H and O–H groups in total. The number of fused-ring (bicyclic) bond motifs is 5. The third-order valence-electron chi connectivity index (χ3n) is 5.71. The molecule has 1 saturated heterocycles. The topological polar surface area (TPSA) is 49.3 Å². The van der Waals surface area contributed by atoms with Gasteiger partial charge in [0.15, 0.2) is 12.6 Å². The van der Waals surface area contributed by atoms with Crippen LogP contribution in [0.25, 0.3) is 0 Å². The molecule has 3 heterocycles. The summed E-state index contributed by atoms with van der Waals surface area (Å²) in [5.41, 5.74) is 7.23. The normalized spacial score (nSPS) is 31.6. The van der Waals surface area contributed by atoms with E-state index < -0.39 is 0 Å². The van der Waals surface area contributed by atoms with Crippen LogP contribution in [0.15, 0.2) is 74.6 Å². The minimum Gasteiger partial charge on any atom is -0.469 e. The van der Waals surface area contributed by atoms with Crippen LogP contribution in [-0.2, 0) is 18.9 Å². The van der Waals surface area contributed by atoms with E-state index in [2.05, 4.69) is 25.2 Å². The molecule has 0 amide bonds. The monoisotopic (exact) mass is 335 g/mol. The Morgan fingerprint density at radius 2 is 2.08 bits per heavy atom. The van der Waals surface area contributed by atoms with Crippen molar-refractivity contribution in [2.24, 2.45) is 10.9 Å². The highest BCUT2D eigenvalue weighted by molar-refractivity contribution is 6.14. The first-order valence-electron chi connectivity index (χ1n) is 8.67. The maximum Gasteiger partial charge on any atom is 0.230 e. The lowest BCUT2D eigenvalue weighted by molar-refractivity contribution is 0.0375. The second-order valence-corrected chi connectivity index (χ2v) is 7.00. The Hall–Kier alpha value is -2.53.